The summed E-state index contributed by atoms with van der Waals surface area (Å²) in [6.45, 7) is 0.0359. The van der Waals surface area contributed by atoms with E-state index in [1.54, 1.807) is 49.6 Å². The highest BCUT2D eigenvalue weighted by Gasteiger charge is 2.26. The number of hydrogen-bond donors (Lipinski definition) is 2. The molecule has 1 aliphatic heterocycles. The monoisotopic (exact) mass is 398 g/mol. The fourth-order valence-corrected chi connectivity index (χ4v) is 2.96. The maximum absolute atomic E-state index is 12.4. The molecule has 2 amide bonds. The molecule has 2 aromatic rings. The second-order valence-corrected chi connectivity index (χ2v) is 6.51. The third-order valence-corrected chi connectivity index (χ3v) is 4.58. The van der Waals surface area contributed by atoms with E-state index in [0.717, 1.165) is 5.56 Å². The summed E-state index contributed by atoms with van der Waals surface area (Å²) in [7, 11) is 2.82. The van der Waals surface area contributed by atoms with E-state index in [4.69, 9.17) is 9.47 Å². The molecule has 2 N–H and O–H groups in total. The highest BCUT2D eigenvalue weighted by molar-refractivity contribution is 6.04. The smallest absolute Gasteiger partial charge is 0.325 e. The highest BCUT2D eigenvalue weighted by Crippen LogP contribution is 2.30. The van der Waals surface area contributed by atoms with Gasteiger partial charge in [0.25, 0.3) is 5.91 Å². The predicted octanol–water partition coefficient (Wildman–Crippen LogP) is 1.79. The van der Waals surface area contributed by atoms with Gasteiger partial charge in [0.2, 0.25) is 5.91 Å². The molecule has 8 heteroatoms. The zero-order valence-electron chi connectivity index (χ0n) is 16.2. The summed E-state index contributed by atoms with van der Waals surface area (Å²) in [5.41, 5.74) is 1.91. The van der Waals surface area contributed by atoms with Gasteiger partial charge in [-0.25, -0.2) is 0 Å². The zero-order valence-corrected chi connectivity index (χ0v) is 16.2. The van der Waals surface area contributed by atoms with Gasteiger partial charge in [-0.15, -0.1) is 0 Å². The summed E-state index contributed by atoms with van der Waals surface area (Å²) in [6, 6.07) is 12.1. The van der Waals surface area contributed by atoms with Gasteiger partial charge in [-0.3, -0.25) is 14.4 Å². The van der Waals surface area contributed by atoms with Gasteiger partial charge in [-0.2, -0.15) is 0 Å². The van der Waals surface area contributed by atoms with Crippen LogP contribution in [0.1, 0.15) is 15.9 Å². The molecule has 1 atom stereocenters. The summed E-state index contributed by atoms with van der Waals surface area (Å²) in [4.78, 5) is 35.9. The van der Waals surface area contributed by atoms with Crippen LogP contribution in [0.5, 0.6) is 11.5 Å². The number of carbonyl (C=O) groups is 3. The Labute approximate surface area is 168 Å². The normalized spacial score (nSPS) is 14.8. The minimum absolute atomic E-state index is 0.184. The Morgan fingerprint density at radius 3 is 2.55 bits per heavy atom. The molecule has 8 nitrogen and oxygen atoms in total. The molecule has 0 fully saturated rings. The first-order valence-electron chi connectivity index (χ1n) is 9.06. The van der Waals surface area contributed by atoms with Crippen LogP contribution in [0.2, 0.25) is 0 Å². The molecule has 2 aromatic carbocycles. The number of fused-ring (bicyclic) bond motifs is 1. The molecule has 0 radical (unpaired) electrons. The molecule has 1 aliphatic rings. The van der Waals surface area contributed by atoms with E-state index in [2.05, 4.69) is 15.4 Å². The maximum Gasteiger partial charge on any atom is 0.325 e. The van der Waals surface area contributed by atoms with Crippen LogP contribution in [0.25, 0.3) is 0 Å². The summed E-state index contributed by atoms with van der Waals surface area (Å²) in [5.74, 6) is -0.141. The third kappa shape index (κ3) is 5.04. The van der Waals surface area contributed by atoms with E-state index in [0.29, 0.717) is 29.2 Å². The number of amides is 2. The molecule has 1 heterocycles. The van der Waals surface area contributed by atoms with Gasteiger partial charge in [0, 0.05) is 11.3 Å². The molecule has 3 rings (SSSR count). The lowest BCUT2D eigenvalue weighted by Crippen LogP contribution is -2.39. The van der Waals surface area contributed by atoms with Crippen LogP contribution in [0, 0.1) is 5.92 Å². The molecule has 0 spiro atoms. The number of rotatable bonds is 6. The predicted molar refractivity (Wildman–Crippen MR) is 105 cm³/mol. The van der Waals surface area contributed by atoms with Crippen molar-refractivity contribution in [3.8, 4) is 11.5 Å². The number of anilines is 1. The van der Waals surface area contributed by atoms with Crippen molar-refractivity contribution < 1.29 is 28.6 Å². The fraction of sp³-hybridized carbons (Fsp3) is 0.286. The maximum atomic E-state index is 12.4. The Bertz CT molecular complexity index is 910. The molecule has 0 saturated carbocycles. The number of carbonyl (C=O) groups excluding carboxylic acids is 3. The molecular formula is C21H22N2O6. The summed E-state index contributed by atoms with van der Waals surface area (Å²) >= 11 is 0. The first-order chi connectivity index (χ1) is 14.0. The second-order valence-electron chi connectivity index (χ2n) is 6.51. The lowest BCUT2D eigenvalue weighted by atomic mass is 9.95. The van der Waals surface area contributed by atoms with Gasteiger partial charge in [0.1, 0.15) is 24.7 Å². The Balaban J connectivity index is 1.65. The van der Waals surface area contributed by atoms with E-state index in [1.807, 2.05) is 0 Å². The Kier molecular flexibility index (Phi) is 6.33. The lowest BCUT2D eigenvalue weighted by Gasteiger charge is -2.25. The molecule has 0 bridgehead atoms. The van der Waals surface area contributed by atoms with Crippen LogP contribution < -0.4 is 20.1 Å². The van der Waals surface area contributed by atoms with Crippen molar-refractivity contribution in [1.82, 2.24) is 5.32 Å². The number of benzene rings is 2. The molecule has 0 aromatic heterocycles. The number of methoxy groups -OCH3 is 2. The van der Waals surface area contributed by atoms with Crippen molar-refractivity contribution in [2.45, 2.75) is 6.42 Å². The Morgan fingerprint density at radius 1 is 1.10 bits per heavy atom. The largest absolute Gasteiger partial charge is 0.497 e. The van der Waals surface area contributed by atoms with Gasteiger partial charge in [-0.05, 0) is 54.4 Å². The quantitative estimate of drug-likeness (QED) is 0.719. The molecule has 0 saturated heterocycles. The van der Waals surface area contributed by atoms with Crippen LogP contribution in [-0.2, 0) is 20.7 Å². The van der Waals surface area contributed by atoms with Crippen molar-refractivity contribution in [1.29, 1.82) is 0 Å². The summed E-state index contributed by atoms with van der Waals surface area (Å²) in [5, 5.41) is 5.38. The molecule has 152 valence electrons. The van der Waals surface area contributed by atoms with Crippen molar-refractivity contribution in [3.05, 3.63) is 53.6 Å². The van der Waals surface area contributed by atoms with Crippen molar-refractivity contribution in [3.63, 3.8) is 0 Å². The molecule has 0 aliphatic carbocycles. The van der Waals surface area contributed by atoms with Crippen LogP contribution in [0.15, 0.2) is 42.5 Å². The van der Waals surface area contributed by atoms with E-state index in [9.17, 15) is 14.4 Å². The number of ether oxygens (including phenoxy) is 3. The van der Waals surface area contributed by atoms with Gasteiger partial charge in [0.05, 0.1) is 20.1 Å². The van der Waals surface area contributed by atoms with Gasteiger partial charge >= 0.3 is 5.97 Å². The topological polar surface area (TPSA) is 103 Å². The van der Waals surface area contributed by atoms with Gasteiger partial charge in [-0.1, -0.05) is 0 Å². The van der Waals surface area contributed by atoms with Gasteiger partial charge in [0.15, 0.2) is 0 Å². The summed E-state index contributed by atoms with van der Waals surface area (Å²) in [6.07, 6.45) is 0.439. The minimum atomic E-state index is -0.515. The highest BCUT2D eigenvalue weighted by atomic mass is 16.5. The number of esters is 1. The Morgan fingerprint density at radius 2 is 1.86 bits per heavy atom. The second kappa shape index (κ2) is 9.09. The number of hydrogen-bond acceptors (Lipinski definition) is 6. The van der Waals surface area contributed by atoms with E-state index in [1.165, 1.54) is 7.11 Å². The van der Waals surface area contributed by atoms with E-state index < -0.39 is 11.9 Å². The third-order valence-electron chi connectivity index (χ3n) is 4.58. The first-order valence-corrected chi connectivity index (χ1v) is 9.06. The van der Waals surface area contributed by atoms with Gasteiger partial charge < -0.3 is 24.8 Å². The molecular weight excluding hydrogens is 376 g/mol. The van der Waals surface area contributed by atoms with E-state index in [-0.39, 0.29) is 25.0 Å². The summed E-state index contributed by atoms with van der Waals surface area (Å²) < 4.78 is 15.3. The van der Waals surface area contributed by atoms with Crippen LogP contribution in [0.4, 0.5) is 5.69 Å². The number of nitrogens with one attached hydrogen (secondary N) is 2. The van der Waals surface area contributed by atoms with Crippen molar-refractivity contribution in [2.24, 2.45) is 5.92 Å². The van der Waals surface area contributed by atoms with Crippen molar-refractivity contribution >= 4 is 23.5 Å². The van der Waals surface area contributed by atoms with Crippen LogP contribution in [0.3, 0.4) is 0 Å². The minimum Gasteiger partial charge on any atom is -0.497 e. The van der Waals surface area contributed by atoms with Crippen LogP contribution >= 0.6 is 0 Å². The lowest BCUT2D eigenvalue weighted by molar-refractivity contribution is -0.141. The van der Waals surface area contributed by atoms with E-state index >= 15 is 0 Å². The fourth-order valence-electron chi connectivity index (χ4n) is 2.96. The SMILES string of the molecule is COC(=O)CNC(=O)C1COc2ccc(NC(=O)c3ccc(OC)cc3)cc2C1. The van der Waals surface area contributed by atoms with Crippen LogP contribution in [-0.4, -0.2) is 45.2 Å². The molecule has 1 unspecified atom stereocenters. The Hall–Kier alpha value is -3.55. The standard InChI is InChI=1S/C21H22N2O6/c1-27-17-6-3-13(4-7-17)21(26)23-16-5-8-18-14(10-16)9-15(12-29-18)20(25)22-11-19(24)28-2/h3-8,10,15H,9,11-12H2,1-2H3,(H,22,25)(H,23,26). The zero-order chi connectivity index (χ0) is 20.8. The average molecular weight is 398 g/mol. The average Bonchev–Trinajstić information content (AvgIpc) is 2.76. The molecule has 29 heavy (non-hydrogen) atoms. The first kappa shape index (κ1) is 20.2. The van der Waals surface area contributed by atoms with Crippen molar-refractivity contribution in [2.75, 3.05) is 32.7 Å².